The van der Waals surface area contributed by atoms with Gasteiger partial charge in [-0.2, -0.15) is 0 Å². The van der Waals surface area contributed by atoms with E-state index in [1.807, 2.05) is 37.3 Å². The highest BCUT2D eigenvalue weighted by Crippen LogP contribution is 2.31. The molecule has 26 heavy (non-hydrogen) atoms. The molecule has 0 unspecified atom stereocenters. The number of methoxy groups -OCH3 is 1. The standard InChI is InChI=1S/C18H22N4O2S.HI/c1-3-19-18(20-10-11-23-2)21-12-13-8-9-15(24-13)17-22-14-6-4-5-7-16(14)25-17;/h4-9H,3,10-12H2,1-2H3,(H2,19,20,21);1H. The number of hydrogen-bond donors (Lipinski definition) is 2. The number of halogens is 1. The summed E-state index contributed by atoms with van der Waals surface area (Å²) < 4.78 is 12.1. The molecule has 0 bridgehead atoms. The number of rotatable bonds is 7. The number of ether oxygens (including phenoxy) is 1. The molecule has 0 saturated carbocycles. The Labute approximate surface area is 174 Å². The molecule has 0 aliphatic rings. The van der Waals surface area contributed by atoms with Gasteiger partial charge in [0.05, 0.1) is 16.8 Å². The first-order valence-electron chi connectivity index (χ1n) is 8.26. The van der Waals surface area contributed by atoms with E-state index in [1.54, 1.807) is 18.4 Å². The summed E-state index contributed by atoms with van der Waals surface area (Å²) in [5, 5.41) is 7.30. The Morgan fingerprint density at radius 3 is 2.85 bits per heavy atom. The highest BCUT2D eigenvalue weighted by Gasteiger charge is 2.10. The molecular formula is C18H23IN4O2S. The Balaban J connectivity index is 0.00000243. The average molecular weight is 486 g/mol. The number of benzene rings is 1. The minimum absolute atomic E-state index is 0. The van der Waals surface area contributed by atoms with Crippen molar-refractivity contribution in [3.63, 3.8) is 0 Å². The molecule has 0 spiro atoms. The number of fused-ring (bicyclic) bond motifs is 1. The molecule has 8 heteroatoms. The molecule has 0 saturated heterocycles. The van der Waals surface area contributed by atoms with E-state index in [1.165, 1.54) is 0 Å². The first kappa shape index (κ1) is 20.7. The quantitative estimate of drug-likeness (QED) is 0.230. The van der Waals surface area contributed by atoms with Crippen LogP contribution < -0.4 is 10.6 Å². The number of hydrogen-bond acceptors (Lipinski definition) is 5. The van der Waals surface area contributed by atoms with Crippen LogP contribution in [0.1, 0.15) is 12.7 Å². The van der Waals surface area contributed by atoms with Gasteiger partial charge in [-0.25, -0.2) is 9.98 Å². The van der Waals surface area contributed by atoms with E-state index in [9.17, 15) is 0 Å². The van der Waals surface area contributed by atoms with Crippen molar-refractivity contribution in [1.82, 2.24) is 15.6 Å². The molecule has 140 valence electrons. The normalized spacial score (nSPS) is 11.4. The minimum Gasteiger partial charge on any atom is -0.457 e. The van der Waals surface area contributed by atoms with Gasteiger partial charge in [0.15, 0.2) is 16.7 Å². The first-order chi connectivity index (χ1) is 12.3. The van der Waals surface area contributed by atoms with Crippen LogP contribution in [-0.2, 0) is 11.3 Å². The van der Waals surface area contributed by atoms with Crippen molar-refractivity contribution < 1.29 is 9.15 Å². The Hall–Kier alpha value is -1.65. The van der Waals surface area contributed by atoms with Gasteiger partial charge in [0.2, 0.25) is 0 Å². The maximum absolute atomic E-state index is 5.91. The summed E-state index contributed by atoms with van der Waals surface area (Å²) in [6.07, 6.45) is 0. The Morgan fingerprint density at radius 1 is 1.23 bits per heavy atom. The predicted octanol–water partition coefficient (Wildman–Crippen LogP) is 3.88. The lowest BCUT2D eigenvalue weighted by Crippen LogP contribution is -2.38. The molecule has 0 aliphatic heterocycles. The van der Waals surface area contributed by atoms with Crippen LogP contribution >= 0.6 is 35.3 Å². The highest BCUT2D eigenvalue weighted by atomic mass is 127. The second-order valence-electron chi connectivity index (χ2n) is 5.37. The van der Waals surface area contributed by atoms with Crippen LogP contribution in [0, 0.1) is 0 Å². The van der Waals surface area contributed by atoms with Crippen LogP contribution in [0.4, 0.5) is 0 Å². The molecule has 1 aromatic carbocycles. The van der Waals surface area contributed by atoms with E-state index in [0.717, 1.165) is 39.2 Å². The maximum Gasteiger partial charge on any atom is 0.191 e. The Morgan fingerprint density at radius 2 is 2.08 bits per heavy atom. The number of nitrogens with zero attached hydrogens (tertiary/aromatic N) is 2. The molecule has 6 nitrogen and oxygen atoms in total. The average Bonchev–Trinajstić information content (AvgIpc) is 3.26. The van der Waals surface area contributed by atoms with Crippen molar-refractivity contribution >= 4 is 51.5 Å². The summed E-state index contributed by atoms with van der Waals surface area (Å²) >= 11 is 1.63. The smallest absolute Gasteiger partial charge is 0.191 e. The predicted molar refractivity (Wildman–Crippen MR) is 117 cm³/mol. The van der Waals surface area contributed by atoms with Crippen molar-refractivity contribution in [3.05, 3.63) is 42.2 Å². The van der Waals surface area contributed by atoms with Crippen molar-refractivity contribution in [3.8, 4) is 10.8 Å². The number of guanidine groups is 1. The third kappa shape index (κ3) is 5.42. The topological polar surface area (TPSA) is 71.7 Å². The van der Waals surface area contributed by atoms with Gasteiger partial charge in [0.1, 0.15) is 12.3 Å². The molecule has 0 aliphatic carbocycles. The maximum atomic E-state index is 5.91. The largest absolute Gasteiger partial charge is 0.457 e. The highest BCUT2D eigenvalue weighted by molar-refractivity contribution is 14.0. The molecule has 0 radical (unpaired) electrons. The van der Waals surface area contributed by atoms with E-state index in [2.05, 4.69) is 26.7 Å². The van der Waals surface area contributed by atoms with Gasteiger partial charge in [0.25, 0.3) is 0 Å². The first-order valence-corrected chi connectivity index (χ1v) is 9.07. The van der Waals surface area contributed by atoms with E-state index in [0.29, 0.717) is 19.7 Å². The molecule has 2 aromatic heterocycles. The summed E-state index contributed by atoms with van der Waals surface area (Å²) in [6, 6.07) is 12.0. The van der Waals surface area contributed by atoms with Gasteiger partial charge < -0.3 is 19.8 Å². The van der Waals surface area contributed by atoms with Gasteiger partial charge in [-0.05, 0) is 31.2 Å². The fourth-order valence-electron chi connectivity index (χ4n) is 2.33. The lowest BCUT2D eigenvalue weighted by Gasteiger charge is -2.10. The number of para-hydroxylation sites is 1. The lowest BCUT2D eigenvalue weighted by atomic mass is 10.3. The molecule has 0 atom stereocenters. The van der Waals surface area contributed by atoms with Crippen LogP contribution in [0.5, 0.6) is 0 Å². The van der Waals surface area contributed by atoms with Crippen LogP contribution in [0.3, 0.4) is 0 Å². The van der Waals surface area contributed by atoms with Gasteiger partial charge in [0, 0.05) is 20.2 Å². The summed E-state index contributed by atoms with van der Waals surface area (Å²) in [6.45, 7) is 4.64. The molecule has 0 fully saturated rings. The number of aliphatic imine (C=N–C) groups is 1. The second kappa shape index (κ2) is 10.5. The molecule has 0 amide bonds. The minimum atomic E-state index is 0. The van der Waals surface area contributed by atoms with Crippen molar-refractivity contribution in [2.45, 2.75) is 13.5 Å². The van der Waals surface area contributed by atoms with Crippen LogP contribution in [0.15, 0.2) is 45.8 Å². The lowest BCUT2D eigenvalue weighted by molar-refractivity contribution is 0.203. The summed E-state index contributed by atoms with van der Waals surface area (Å²) in [4.78, 5) is 9.15. The van der Waals surface area contributed by atoms with Gasteiger partial charge >= 0.3 is 0 Å². The number of aromatic nitrogens is 1. The van der Waals surface area contributed by atoms with Gasteiger partial charge in [-0.15, -0.1) is 35.3 Å². The molecule has 3 aromatic rings. The molecular weight excluding hydrogens is 463 g/mol. The summed E-state index contributed by atoms with van der Waals surface area (Å²) in [5.41, 5.74) is 0.996. The zero-order chi connectivity index (χ0) is 17.5. The fourth-order valence-corrected chi connectivity index (χ4v) is 3.25. The zero-order valence-corrected chi connectivity index (χ0v) is 18.0. The second-order valence-corrected chi connectivity index (χ2v) is 6.40. The SMILES string of the molecule is CCNC(=NCc1ccc(-c2nc3ccccc3s2)o1)NCCOC.I. The van der Waals surface area contributed by atoms with Gasteiger partial charge in [-0.1, -0.05) is 12.1 Å². The fraction of sp³-hybridized carbons (Fsp3) is 0.333. The van der Waals surface area contributed by atoms with E-state index in [-0.39, 0.29) is 24.0 Å². The number of furan rings is 1. The van der Waals surface area contributed by atoms with Crippen molar-refractivity contribution in [2.75, 3.05) is 26.8 Å². The monoisotopic (exact) mass is 486 g/mol. The van der Waals surface area contributed by atoms with Crippen LogP contribution in [0.2, 0.25) is 0 Å². The third-order valence-corrected chi connectivity index (χ3v) is 4.55. The number of thiazole rings is 1. The summed E-state index contributed by atoms with van der Waals surface area (Å²) in [5.74, 6) is 2.33. The summed E-state index contributed by atoms with van der Waals surface area (Å²) in [7, 11) is 1.68. The van der Waals surface area contributed by atoms with Crippen molar-refractivity contribution in [2.24, 2.45) is 4.99 Å². The van der Waals surface area contributed by atoms with Crippen molar-refractivity contribution in [1.29, 1.82) is 0 Å². The molecule has 3 rings (SSSR count). The Kier molecular flexibility index (Phi) is 8.33. The Bertz CT molecular complexity index is 813. The third-order valence-electron chi connectivity index (χ3n) is 3.50. The zero-order valence-electron chi connectivity index (χ0n) is 14.8. The van der Waals surface area contributed by atoms with Crippen LogP contribution in [-0.4, -0.2) is 37.7 Å². The van der Waals surface area contributed by atoms with Crippen LogP contribution in [0.25, 0.3) is 21.0 Å². The van der Waals surface area contributed by atoms with E-state index in [4.69, 9.17) is 9.15 Å². The van der Waals surface area contributed by atoms with Gasteiger partial charge in [-0.3, -0.25) is 0 Å². The molecule has 2 N–H and O–H groups in total. The molecule has 2 heterocycles. The van der Waals surface area contributed by atoms with E-state index < -0.39 is 0 Å². The van der Waals surface area contributed by atoms with E-state index >= 15 is 0 Å². The number of nitrogens with one attached hydrogen (secondary N) is 2.